The summed E-state index contributed by atoms with van der Waals surface area (Å²) in [6, 6.07) is 17.8. The number of azo groups is 1. The monoisotopic (exact) mass is 326 g/mol. The summed E-state index contributed by atoms with van der Waals surface area (Å²) in [5.41, 5.74) is 1.37. The minimum absolute atomic E-state index is 0.148. The number of benzene rings is 3. The van der Waals surface area contributed by atoms with Gasteiger partial charge in [0.05, 0.1) is 5.69 Å². The van der Waals surface area contributed by atoms with Crippen LogP contribution in [0.5, 0.6) is 0 Å². The number of fused-ring (bicyclic) bond motifs is 1. The zero-order valence-electron chi connectivity index (χ0n) is 12.3. The van der Waals surface area contributed by atoms with Gasteiger partial charge in [0.2, 0.25) is 0 Å². The SMILES string of the molecule is Cc1cc2ccccc2c(S(=O)(=O)O)c1N=Nc1ccccc1. The summed E-state index contributed by atoms with van der Waals surface area (Å²) in [5, 5.41) is 9.28. The van der Waals surface area contributed by atoms with Crippen LogP contribution in [0.15, 0.2) is 75.8 Å². The predicted molar refractivity (Wildman–Crippen MR) is 89.1 cm³/mol. The maximum absolute atomic E-state index is 11.9. The third-order valence-corrected chi connectivity index (χ3v) is 4.37. The highest BCUT2D eigenvalue weighted by atomic mass is 32.2. The topological polar surface area (TPSA) is 79.1 Å². The van der Waals surface area contributed by atoms with Gasteiger partial charge in [-0.3, -0.25) is 4.55 Å². The summed E-state index contributed by atoms with van der Waals surface area (Å²) >= 11 is 0. The minimum atomic E-state index is -4.44. The number of aryl methyl sites for hydroxylation is 1. The van der Waals surface area contributed by atoms with Crippen molar-refractivity contribution in [1.82, 2.24) is 0 Å². The molecule has 0 fully saturated rings. The van der Waals surface area contributed by atoms with Crippen LogP contribution in [-0.2, 0) is 10.1 Å². The number of rotatable bonds is 3. The van der Waals surface area contributed by atoms with Gasteiger partial charge in [0, 0.05) is 5.39 Å². The minimum Gasteiger partial charge on any atom is -0.282 e. The van der Waals surface area contributed by atoms with Gasteiger partial charge in [-0.1, -0.05) is 42.5 Å². The Bertz CT molecular complexity index is 997. The molecule has 6 heteroatoms. The van der Waals surface area contributed by atoms with E-state index in [0.717, 1.165) is 5.39 Å². The molecule has 3 rings (SSSR count). The van der Waals surface area contributed by atoms with Crippen LogP contribution in [0.1, 0.15) is 5.56 Å². The van der Waals surface area contributed by atoms with Crippen molar-refractivity contribution in [3.8, 4) is 0 Å². The van der Waals surface area contributed by atoms with Crippen LogP contribution in [0, 0.1) is 6.92 Å². The van der Waals surface area contributed by atoms with Crippen molar-refractivity contribution in [2.75, 3.05) is 0 Å². The zero-order chi connectivity index (χ0) is 16.4. The van der Waals surface area contributed by atoms with E-state index in [1.165, 1.54) is 0 Å². The first-order valence-electron chi connectivity index (χ1n) is 6.93. The summed E-state index contributed by atoms with van der Waals surface area (Å²) in [4.78, 5) is -0.215. The van der Waals surface area contributed by atoms with Gasteiger partial charge in [0.15, 0.2) is 0 Å². The maximum Gasteiger partial charge on any atom is 0.297 e. The van der Waals surface area contributed by atoms with Crippen LogP contribution in [0.4, 0.5) is 11.4 Å². The van der Waals surface area contributed by atoms with Crippen LogP contribution < -0.4 is 0 Å². The Kier molecular flexibility index (Phi) is 3.94. The molecule has 3 aromatic rings. The highest BCUT2D eigenvalue weighted by Gasteiger charge is 2.21. The van der Waals surface area contributed by atoms with E-state index in [4.69, 9.17) is 0 Å². The molecule has 116 valence electrons. The molecule has 0 aliphatic rings. The van der Waals surface area contributed by atoms with Crippen LogP contribution in [0.3, 0.4) is 0 Å². The first-order valence-corrected chi connectivity index (χ1v) is 8.37. The molecular weight excluding hydrogens is 312 g/mol. The molecule has 5 nitrogen and oxygen atoms in total. The van der Waals surface area contributed by atoms with Crippen LogP contribution in [0.25, 0.3) is 10.8 Å². The Morgan fingerprint density at radius 3 is 2.26 bits per heavy atom. The van der Waals surface area contributed by atoms with Gasteiger partial charge in [-0.05, 0) is 36.1 Å². The number of nitrogens with zero attached hydrogens (tertiary/aromatic N) is 2. The van der Waals surface area contributed by atoms with Gasteiger partial charge >= 0.3 is 0 Å². The van der Waals surface area contributed by atoms with Crippen molar-refractivity contribution in [3.63, 3.8) is 0 Å². The quantitative estimate of drug-likeness (QED) is 0.554. The first-order chi connectivity index (χ1) is 11.0. The van der Waals surface area contributed by atoms with E-state index in [-0.39, 0.29) is 10.6 Å². The average Bonchev–Trinajstić information content (AvgIpc) is 2.52. The highest BCUT2D eigenvalue weighted by Crippen LogP contribution is 2.36. The van der Waals surface area contributed by atoms with Crippen LogP contribution >= 0.6 is 0 Å². The van der Waals surface area contributed by atoms with E-state index in [2.05, 4.69) is 10.2 Å². The highest BCUT2D eigenvalue weighted by molar-refractivity contribution is 7.86. The molecule has 0 aliphatic carbocycles. The molecule has 0 amide bonds. The maximum atomic E-state index is 11.9. The molecular formula is C17H14N2O3S. The molecule has 23 heavy (non-hydrogen) atoms. The van der Waals surface area contributed by atoms with Crippen molar-refractivity contribution in [2.45, 2.75) is 11.8 Å². The average molecular weight is 326 g/mol. The fourth-order valence-corrected chi connectivity index (χ4v) is 3.34. The van der Waals surface area contributed by atoms with E-state index >= 15 is 0 Å². The Morgan fingerprint density at radius 2 is 1.57 bits per heavy atom. The fourth-order valence-electron chi connectivity index (χ4n) is 2.43. The molecule has 0 atom stereocenters. The van der Waals surface area contributed by atoms with Crippen molar-refractivity contribution in [2.24, 2.45) is 10.2 Å². The van der Waals surface area contributed by atoms with Crippen molar-refractivity contribution in [3.05, 3.63) is 66.2 Å². The molecule has 0 heterocycles. The Labute approximate surface area is 134 Å². The van der Waals surface area contributed by atoms with Crippen molar-refractivity contribution >= 4 is 32.3 Å². The molecule has 0 bridgehead atoms. The van der Waals surface area contributed by atoms with Crippen molar-refractivity contribution < 1.29 is 13.0 Å². The Morgan fingerprint density at radius 1 is 0.913 bits per heavy atom. The van der Waals surface area contributed by atoms with Crippen LogP contribution in [0.2, 0.25) is 0 Å². The molecule has 0 radical (unpaired) electrons. The molecule has 0 aromatic heterocycles. The lowest BCUT2D eigenvalue weighted by molar-refractivity contribution is 0.484. The lowest BCUT2D eigenvalue weighted by Gasteiger charge is -2.10. The van der Waals surface area contributed by atoms with E-state index in [1.807, 2.05) is 24.3 Å². The summed E-state index contributed by atoms with van der Waals surface area (Å²) in [7, 11) is -4.44. The summed E-state index contributed by atoms with van der Waals surface area (Å²) < 4.78 is 33.4. The van der Waals surface area contributed by atoms with Gasteiger partial charge in [0.1, 0.15) is 10.6 Å². The van der Waals surface area contributed by atoms with Crippen LogP contribution in [-0.4, -0.2) is 13.0 Å². The lowest BCUT2D eigenvalue weighted by atomic mass is 10.1. The smallest absolute Gasteiger partial charge is 0.282 e. The van der Waals surface area contributed by atoms with Gasteiger partial charge in [0.25, 0.3) is 10.1 Å². The molecule has 0 aliphatic heterocycles. The number of hydrogen-bond donors (Lipinski definition) is 1. The molecule has 0 saturated heterocycles. The Balaban J connectivity index is 2.28. The third-order valence-electron chi connectivity index (χ3n) is 3.45. The zero-order valence-corrected chi connectivity index (χ0v) is 13.2. The third kappa shape index (κ3) is 3.13. The van der Waals surface area contributed by atoms with E-state index in [0.29, 0.717) is 16.6 Å². The van der Waals surface area contributed by atoms with E-state index in [1.54, 1.807) is 43.3 Å². The van der Waals surface area contributed by atoms with E-state index < -0.39 is 10.1 Å². The largest absolute Gasteiger partial charge is 0.297 e. The van der Waals surface area contributed by atoms with Gasteiger partial charge in [-0.2, -0.15) is 13.5 Å². The molecule has 0 saturated carbocycles. The lowest BCUT2D eigenvalue weighted by Crippen LogP contribution is -2.01. The molecule has 0 spiro atoms. The standard InChI is InChI=1S/C17H14N2O3S/c1-12-11-13-7-5-6-10-15(13)17(23(20,21)22)16(12)19-18-14-8-3-2-4-9-14/h2-11H,1H3,(H,20,21,22). The summed E-state index contributed by atoms with van der Waals surface area (Å²) in [6.45, 7) is 1.74. The second-order valence-corrected chi connectivity index (χ2v) is 6.46. The van der Waals surface area contributed by atoms with Gasteiger partial charge in [-0.15, -0.1) is 5.11 Å². The van der Waals surface area contributed by atoms with Crippen molar-refractivity contribution in [1.29, 1.82) is 0 Å². The van der Waals surface area contributed by atoms with Gasteiger partial charge < -0.3 is 0 Å². The first kappa shape index (κ1) is 15.3. The normalized spacial score (nSPS) is 12.1. The molecule has 3 aromatic carbocycles. The summed E-state index contributed by atoms with van der Waals surface area (Å²) in [6.07, 6.45) is 0. The Hall–Kier alpha value is -2.57. The molecule has 1 N–H and O–H groups in total. The summed E-state index contributed by atoms with van der Waals surface area (Å²) in [5.74, 6) is 0. The predicted octanol–water partition coefficient (Wildman–Crippen LogP) is 4.81. The second-order valence-electron chi connectivity index (χ2n) is 5.10. The van der Waals surface area contributed by atoms with E-state index in [9.17, 15) is 13.0 Å². The second kappa shape index (κ2) is 5.91. The number of hydrogen-bond acceptors (Lipinski definition) is 4. The van der Waals surface area contributed by atoms with Gasteiger partial charge in [-0.25, -0.2) is 0 Å². The molecule has 0 unspecified atom stereocenters. The fraction of sp³-hybridized carbons (Fsp3) is 0.0588.